The highest BCUT2D eigenvalue weighted by molar-refractivity contribution is 9.09. The topological polar surface area (TPSA) is 33.5 Å². The van der Waals surface area contributed by atoms with Gasteiger partial charge in [-0.3, -0.25) is 4.79 Å². The largest absolute Gasteiger partial charge is 0.469 e. The number of furan rings is 1. The smallest absolute Gasteiger partial charge is 0.257 e. The quantitative estimate of drug-likeness (QED) is 0.799. The molecule has 0 bridgehead atoms. The molecule has 3 nitrogen and oxygen atoms in total. The van der Waals surface area contributed by atoms with Gasteiger partial charge in [-0.05, 0) is 25.8 Å². The number of rotatable bonds is 4. The van der Waals surface area contributed by atoms with E-state index < -0.39 is 0 Å². The first-order chi connectivity index (χ1) is 8.22. The van der Waals surface area contributed by atoms with E-state index in [1.165, 1.54) is 12.8 Å². The molecular weight excluding hydrogens is 282 g/mol. The van der Waals surface area contributed by atoms with Crippen molar-refractivity contribution in [2.45, 2.75) is 38.6 Å². The number of carbonyl (C=O) groups excluding carboxylic acids is 1. The lowest BCUT2D eigenvalue weighted by molar-refractivity contribution is 0.0695. The molecule has 0 spiro atoms. The van der Waals surface area contributed by atoms with E-state index in [1.807, 2.05) is 17.9 Å². The van der Waals surface area contributed by atoms with Crippen LogP contribution in [0.25, 0.3) is 0 Å². The van der Waals surface area contributed by atoms with Gasteiger partial charge in [-0.2, -0.15) is 0 Å². The molecule has 0 radical (unpaired) electrons. The molecule has 1 aromatic rings. The van der Waals surface area contributed by atoms with E-state index in [1.54, 1.807) is 6.26 Å². The average molecular weight is 300 g/mol. The number of nitrogens with zero attached hydrogens (tertiary/aromatic N) is 1. The molecule has 0 aliphatic heterocycles. The number of hydrogen-bond acceptors (Lipinski definition) is 2. The minimum atomic E-state index is 0.105. The van der Waals surface area contributed by atoms with Crippen LogP contribution in [-0.4, -0.2) is 28.7 Å². The van der Waals surface area contributed by atoms with Crippen LogP contribution < -0.4 is 0 Å². The van der Waals surface area contributed by atoms with Crippen molar-refractivity contribution in [3.05, 3.63) is 23.7 Å². The molecule has 1 aliphatic carbocycles. The molecule has 17 heavy (non-hydrogen) atoms. The first-order valence-electron chi connectivity index (χ1n) is 6.14. The summed E-state index contributed by atoms with van der Waals surface area (Å²) in [6, 6.07) is 2.23. The highest BCUT2D eigenvalue weighted by Crippen LogP contribution is 2.25. The first kappa shape index (κ1) is 12.7. The molecule has 94 valence electrons. The third kappa shape index (κ3) is 2.92. The number of aryl methyl sites for hydroxylation is 1. The van der Waals surface area contributed by atoms with Crippen LogP contribution in [0, 0.1) is 6.92 Å². The molecule has 2 rings (SSSR count). The van der Waals surface area contributed by atoms with Crippen LogP contribution in [0.2, 0.25) is 0 Å². The lowest BCUT2D eigenvalue weighted by atomic mass is 10.1. The van der Waals surface area contributed by atoms with E-state index in [-0.39, 0.29) is 5.91 Å². The van der Waals surface area contributed by atoms with Gasteiger partial charge in [0.25, 0.3) is 5.91 Å². The molecule has 1 saturated carbocycles. The van der Waals surface area contributed by atoms with Crippen molar-refractivity contribution in [1.82, 2.24) is 4.90 Å². The Hall–Kier alpha value is -0.770. The van der Waals surface area contributed by atoms with Crippen molar-refractivity contribution < 1.29 is 9.21 Å². The van der Waals surface area contributed by atoms with Crippen LogP contribution in [-0.2, 0) is 0 Å². The maximum atomic E-state index is 12.4. The molecule has 0 aromatic carbocycles. The Balaban J connectivity index is 2.12. The second kappa shape index (κ2) is 5.71. The third-order valence-corrected chi connectivity index (χ3v) is 3.68. The summed E-state index contributed by atoms with van der Waals surface area (Å²) >= 11 is 3.43. The van der Waals surface area contributed by atoms with Crippen LogP contribution in [0.3, 0.4) is 0 Å². The molecule has 0 saturated heterocycles. The Kier molecular flexibility index (Phi) is 4.26. The standard InChI is InChI=1S/C13H18BrNO2/c1-10-8-11(9-17-10)13(16)15(7-6-14)12-4-2-3-5-12/h8-9,12H,2-7H2,1H3. The number of hydrogen-bond donors (Lipinski definition) is 0. The number of amides is 1. The normalized spacial score (nSPS) is 16.4. The summed E-state index contributed by atoms with van der Waals surface area (Å²) in [5, 5.41) is 0.825. The second-order valence-corrected chi connectivity index (χ2v) is 5.36. The zero-order valence-corrected chi connectivity index (χ0v) is 11.7. The summed E-state index contributed by atoms with van der Waals surface area (Å²) in [7, 11) is 0. The summed E-state index contributed by atoms with van der Waals surface area (Å²) in [4.78, 5) is 14.4. The monoisotopic (exact) mass is 299 g/mol. The van der Waals surface area contributed by atoms with Crippen molar-refractivity contribution in [2.24, 2.45) is 0 Å². The van der Waals surface area contributed by atoms with Gasteiger partial charge in [0.05, 0.1) is 5.56 Å². The number of alkyl halides is 1. The van der Waals surface area contributed by atoms with Crippen LogP contribution in [0.4, 0.5) is 0 Å². The van der Waals surface area contributed by atoms with Gasteiger partial charge < -0.3 is 9.32 Å². The summed E-state index contributed by atoms with van der Waals surface area (Å²) in [5.74, 6) is 0.895. The molecule has 0 atom stereocenters. The predicted octanol–water partition coefficient (Wildman–Crippen LogP) is 3.37. The first-order valence-corrected chi connectivity index (χ1v) is 7.26. The summed E-state index contributed by atoms with van der Waals surface area (Å²) in [6.45, 7) is 2.63. The van der Waals surface area contributed by atoms with E-state index in [0.717, 1.165) is 30.5 Å². The van der Waals surface area contributed by atoms with Crippen molar-refractivity contribution in [1.29, 1.82) is 0 Å². The van der Waals surface area contributed by atoms with Crippen molar-refractivity contribution in [2.75, 3.05) is 11.9 Å². The third-order valence-electron chi connectivity index (χ3n) is 3.33. The fourth-order valence-corrected chi connectivity index (χ4v) is 2.86. The van der Waals surface area contributed by atoms with Gasteiger partial charge in [0.15, 0.2) is 0 Å². The van der Waals surface area contributed by atoms with Gasteiger partial charge in [0.1, 0.15) is 12.0 Å². The molecule has 1 aromatic heterocycles. The lowest BCUT2D eigenvalue weighted by Crippen LogP contribution is -2.39. The van der Waals surface area contributed by atoms with E-state index in [4.69, 9.17) is 4.42 Å². The van der Waals surface area contributed by atoms with Gasteiger partial charge in [-0.15, -0.1) is 0 Å². The Bertz CT molecular complexity index is 383. The van der Waals surface area contributed by atoms with Crippen LogP contribution in [0.1, 0.15) is 41.8 Å². The summed E-state index contributed by atoms with van der Waals surface area (Å²) < 4.78 is 5.22. The molecule has 1 aliphatic rings. The summed E-state index contributed by atoms with van der Waals surface area (Å²) in [5.41, 5.74) is 0.676. The van der Waals surface area contributed by atoms with Crippen molar-refractivity contribution >= 4 is 21.8 Å². The molecule has 0 N–H and O–H groups in total. The maximum Gasteiger partial charge on any atom is 0.257 e. The van der Waals surface area contributed by atoms with E-state index in [2.05, 4.69) is 15.9 Å². The fourth-order valence-electron chi connectivity index (χ4n) is 2.48. The van der Waals surface area contributed by atoms with Crippen LogP contribution >= 0.6 is 15.9 Å². The van der Waals surface area contributed by atoms with Gasteiger partial charge in [0.2, 0.25) is 0 Å². The van der Waals surface area contributed by atoms with Gasteiger partial charge in [-0.25, -0.2) is 0 Å². The van der Waals surface area contributed by atoms with Gasteiger partial charge in [0, 0.05) is 17.9 Å². The Morgan fingerprint density at radius 2 is 2.24 bits per heavy atom. The number of halogens is 1. The van der Waals surface area contributed by atoms with Crippen LogP contribution in [0.15, 0.2) is 16.7 Å². The van der Waals surface area contributed by atoms with Gasteiger partial charge >= 0.3 is 0 Å². The average Bonchev–Trinajstić information content (AvgIpc) is 2.95. The SMILES string of the molecule is Cc1cc(C(=O)N(CCBr)C2CCCC2)co1. The van der Waals surface area contributed by atoms with E-state index in [0.29, 0.717) is 11.6 Å². The zero-order valence-electron chi connectivity index (χ0n) is 10.1. The maximum absolute atomic E-state index is 12.4. The minimum absolute atomic E-state index is 0.105. The molecule has 1 heterocycles. The molecular formula is C13H18BrNO2. The summed E-state index contributed by atoms with van der Waals surface area (Å²) in [6.07, 6.45) is 6.31. The molecule has 1 amide bonds. The zero-order chi connectivity index (χ0) is 12.3. The van der Waals surface area contributed by atoms with Crippen molar-refractivity contribution in [3.63, 3.8) is 0 Å². The Morgan fingerprint density at radius 3 is 2.76 bits per heavy atom. The number of carbonyl (C=O) groups is 1. The predicted molar refractivity (Wildman–Crippen MR) is 70.5 cm³/mol. The van der Waals surface area contributed by atoms with E-state index >= 15 is 0 Å². The molecule has 4 heteroatoms. The van der Waals surface area contributed by atoms with Crippen LogP contribution in [0.5, 0.6) is 0 Å². The Labute approximate surface area is 110 Å². The second-order valence-electron chi connectivity index (χ2n) is 4.57. The highest BCUT2D eigenvalue weighted by atomic mass is 79.9. The fraction of sp³-hybridized carbons (Fsp3) is 0.615. The molecule has 0 unspecified atom stereocenters. The molecule has 1 fully saturated rings. The van der Waals surface area contributed by atoms with Crippen molar-refractivity contribution in [3.8, 4) is 0 Å². The van der Waals surface area contributed by atoms with Gasteiger partial charge in [-0.1, -0.05) is 28.8 Å². The van der Waals surface area contributed by atoms with E-state index in [9.17, 15) is 4.79 Å². The lowest BCUT2D eigenvalue weighted by Gasteiger charge is -2.27. The minimum Gasteiger partial charge on any atom is -0.469 e. The highest BCUT2D eigenvalue weighted by Gasteiger charge is 2.27. The Morgan fingerprint density at radius 1 is 1.53 bits per heavy atom.